The number of fused-ring (bicyclic) bond motifs is 1. The van der Waals surface area contributed by atoms with Crippen LogP contribution in [0, 0.1) is 11.8 Å². The molecule has 1 saturated heterocycles. The number of rotatable bonds is 7. The molecule has 3 heterocycles. The molecule has 0 radical (unpaired) electrons. The summed E-state index contributed by atoms with van der Waals surface area (Å²) in [5.74, 6) is -2.72. The number of hydrogen-bond donors (Lipinski definition) is 2. The van der Waals surface area contributed by atoms with Crippen molar-refractivity contribution in [2.75, 3.05) is 6.61 Å². The number of ether oxygens (including phenoxy) is 1. The average molecular weight is 412 g/mol. The Morgan fingerprint density at radius 1 is 1.48 bits per heavy atom. The van der Waals surface area contributed by atoms with Gasteiger partial charge in [0.2, 0.25) is 5.91 Å². The number of hydrogen-bond acceptors (Lipinski definition) is 8. The second-order valence-corrected chi connectivity index (χ2v) is 8.61. The number of thiazole rings is 1. The first-order valence-corrected chi connectivity index (χ1v) is 10.2. The second kappa shape index (κ2) is 7.61. The average Bonchev–Trinajstić information content (AvgIpc) is 3.10. The van der Waals surface area contributed by atoms with Crippen molar-refractivity contribution in [2.24, 2.45) is 11.8 Å². The van der Waals surface area contributed by atoms with E-state index in [2.05, 4.69) is 4.98 Å². The molecule has 0 aliphatic carbocycles. The van der Waals surface area contributed by atoms with E-state index < -0.39 is 18.0 Å². The summed E-state index contributed by atoms with van der Waals surface area (Å²) < 4.78 is 5.50. The molecule has 3 rings (SSSR count). The molecule has 1 unspecified atom stereocenters. The van der Waals surface area contributed by atoms with E-state index >= 15 is 0 Å². The highest BCUT2D eigenvalue weighted by Gasteiger charge is 2.60. The molecular weight excluding hydrogens is 392 g/mol. The van der Waals surface area contributed by atoms with Crippen molar-refractivity contribution in [2.45, 2.75) is 43.7 Å². The SMILES string of the molecule is CCOC(=O)Cc1csc(SC2=C(C(=O)O)N3C(=O)[C@H]([C@@H](C)O)C3[C@H]2C)n1. The van der Waals surface area contributed by atoms with Crippen LogP contribution < -0.4 is 0 Å². The number of aliphatic hydroxyl groups is 1. The molecular formula is C17H20N2O6S2. The number of aromatic nitrogens is 1. The maximum atomic E-state index is 12.3. The Balaban J connectivity index is 1.82. The molecule has 0 saturated carbocycles. The van der Waals surface area contributed by atoms with E-state index in [4.69, 9.17) is 4.74 Å². The Kier molecular flexibility index (Phi) is 5.59. The Morgan fingerprint density at radius 2 is 2.19 bits per heavy atom. The Bertz CT molecular complexity index is 818. The molecule has 4 atom stereocenters. The number of β-lactam (4-membered cyclic amide) rings is 1. The van der Waals surface area contributed by atoms with Gasteiger partial charge in [0.05, 0.1) is 36.8 Å². The normalized spacial score (nSPS) is 25.3. The summed E-state index contributed by atoms with van der Waals surface area (Å²) in [5, 5.41) is 21.2. The van der Waals surface area contributed by atoms with Crippen molar-refractivity contribution >= 4 is 40.9 Å². The monoisotopic (exact) mass is 412 g/mol. The van der Waals surface area contributed by atoms with Crippen LogP contribution in [0.5, 0.6) is 0 Å². The van der Waals surface area contributed by atoms with Gasteiger partial charge in [-0.2, -0.15) is 0 Å². The van der Waals surface area contributed by atoms with Crippen molar-refractivity contribution in [3.8, 4) is 0 Å². The lowest BCUT2D eigenvalue weighted by Crippen LogP contribution is -2.63. The van der Waals surface area contributed by atoms with Gasteiger partial charge in [-0.3, -0.25) is 9.59 Å². The van der Waals surface area contributed by atoms with Gasteiger partial charge in [0, 0.05) is 16.2 Å². The summed E-state index contributed by atoms with van der Waals surface area (Å²) in [5.41, 5.74) is 0.520. The van der Waals surface area contributed by atoms with Gasteiger partial charge >= 0.3 is 11.9 Å². The summed E-state index contributed by atoms with van der Waals surface area (Å²) in [4.78, 5) is 41.9. The third-order valence-corrected chi connectivity index (χ3v) is 6.94. The lowest BCUT2D eigenvalue weighted by Gasteiger charge is -2.46. The van der Waals surface area contributed by atoms with Crippen LogP contribution in [0.3, 0.4) is 0 Å². The van der Waals surface area contributed by atoms with Gasteiger partial charge in [-0.15, -0.1) is 11.3 Å². The number of aliphatic hydroxyl groups excluding tert-OH is 1. The zero-order chi connectivity index (χ0) is 19.9. The van der Waals surface area contributed by atoms with E-state index in [1.807, 2.05) is 6.92 Å². The van der Waals surface area contributed by atoms with Crippen molar-refractivity contribution < 1.29 is 29.3 Å². The van der Waals surface area contributed by atoms with Crippen molar-refractivity contribution in [1.29, 1.82) is 0 Å². The first kappa shape index (κ1) is 19.8. The molecule has 1 fully saturated rings. The standard InChI is InChI=1S/C17H20N2O6S2/c1-4-25-10(21)5-9-6-26-17(18-9)27-14-7(2)12-11(8(3)20)15(22)19(12)13(14)16(23)24/h6-8,11-12,20H,4-5H2,1-3H3,(H,23,24)/t7-,8-,11-,12?/m1/s1. The molecule has 1 aromatic heterocycles. The molecule has 0 bridgehead atoms. The van der Waals surface area contributed by atoms with Crippen LogP contribution in [-0.4, -0.2) is 56.7 Å². The zero-order valence-corrected chi connectivity index (χ0v) is 16.7. The molecule has 1 aromatic rings. The number of aliphatic carboxylic acids is 1. The fourth-order valence-corrected chi connectivity index (χ4v) is 5.63. The van der Waals surface area contributed by atoms with Crippen LogP contribution in [0.25, 0.3) is 0 Å². The number of carbonyl (C=O) groups is 3. The van der Waals surface area contributed by atoms with E-state index in [0.717, 1.165) is 0 Å². The maximum Gasteiger partial charge on any atom is 0.353 e. The molecule has 0 aromatic carbocycles. The number of carboxylic acids is 1. The highest BCUT2D eigenvalue weighted by Crippen LogP contribution is 2.52. The summed E-state index contributed by atoms with van der Waals surface area (Å²) in [6, 6.07) is -0.356. The number of carbonyl (C=O) groups excluding carboxylic acids is 2. The summed E-state index contributed by atoms with van der Waals surface area (Å²) >= 11 is 2.51. The molecule has 10 heteroatoms. The number of esters is 1. The highest BCUT2D eigenvalue weighted by atomic mass is 32.2. The van der Waals surface area contributed by atoms with Gasteiger partial charge in [-0.1, -0.05) is 18.7 Å². The summed E-state index contributed by atoms with van der Waals surface area (Å²) in [6.45, 7) is 5.42. The van der Waals surface area contributed by atoms with Gasteiger partial charge in [0.15, 0.2) is 4.34 Å². The predicted molar refractivity (Wildman–Crippen MR) is 97.9 cm³/mol. The summed E-state index contributed by atoms with van der Waals surface area (Å²) in [7, 11) is 0. The molecule has 27 heavy (non-hydrogen) atoms. The molecule has 0 spiro atoms. The topological polar surface area (TPSA) is 117 Å². The molecule has 2 aliphatic rings. The smallest absolute Gasteiger partial charge is 0.353 e. The Morgan fingerprint density at radius 3 is 2.78 bits per heavy atom. The lowest BCUT2D eigenvalue weighted by atomic mass is 9.79. The maximum absolute atomic E-state index is 12.3. The van der Waals surface area contributed by atoms with E-state index in [9.17, 15) is 24.6 Å². The summed E-state index contributed by atoms with van der Waals surface area (Å²) in [6.07, 6.45) is -0.778. The van der Waals surface area contributed by atoms with E-state index in [1.54, 1.807) is 19.2 Å². The van der Waals surface area contributed by atoms with Crippen LogP contribution in [0.4, 0.5) is 0 Å². The van der Waals surface area contributed by atoms with Crippen molar-refractivity contribution in [1.82, 2.24) is 9.88 Å². The fraction of sp³-hybridized carbons (Fsp3) is 0.529. The zero-order valence-electron chi connectivity index (χ0n) is 15.0. The van der Waals surface area contributed by atoms with Crippen LogP contribution in [0.1, 0.15) is 26.5 Å². The first-order chi connectivity index (χ1) is 12.8. The minimum Gasteiger partial charge on any atom is -0.477 e. The molecule has 2 aliphatic heterocycles. The van der Waals surface area contributed by atoms with Crippen LogP contribution >= 0.6 is 23.1 Å². The predicted octanol–water partition coefficient (Wildman–Crippen LogP) is 1.49. The largest absolute Gasteiger partial charge is 0.477 e. The molecule has 1 amide bonds. The van der Waals surface area contributed by atoms with Crippen LogP contribution in [0.2, 0.25) is 0 Å². The number of thioether (sulfide) groups is 1. The third kappa shape index (κ3) is 3.48. The van der Waals surface area contributed by atoms with Crippen molar-refractivity contribution in [3.05, 3.63) is 21.7 Å². The van der Waals surface area contributed by atoms with E-state index in [0.29, 0.717) is 21.5 Å². The van der Waals surface area contributed by atoms with Gasteiger partial charge in [0.1, 0.15) is 5.70 Å². The fourth-order valence-electron chi connectivity index (χ4n) is 3.53. The molecule has 8 nitrogen and oxygen atoms in total. The molecule has 146 valence electrons. The van der Waals surface area contributed by atoms with E-state index in [-0.39, 0.29) is 36.0 Å². The second-order valence-electron chi connectivity index (χ2n) is 6.46. The van der Waals surface area contributed by atoms with Gasteiger partial charge in [0.25, 0.3) is 0 Å². The number of nitrogens with zero attached hydrogens (tertiary/aromatic N) is 2. The molecule has 2 N–H and O–H groups in total. The number of amides is 1. The van der Waals surface area contributed by atoms with Gasteiger partial charge in [-0.25, -0.2) is 9.78 Å². The van der Waals surface area contributed by atoms with E-state index in [1.165, 1.54) is 28.0 Å². The minimum atomic E-state index is -1.17. The Labute approximate surface area is 164 Å². The minimum absolute atomic E-state index is 0.0402. The lowest BCUT2D eigenvalue weighted by molar-refractivity contribution is -0.163. The van der Waals surface area contributed by atoms with Crippen LogP contribution in [-0.2, 0) is 25.5 Å². The number of carboxylic acid groups (broad SMARTS) is 1. The van der Waals surface area contributed by atoms with Crippen LogP contribution in [0.15, 0.2) is 20.3 Å². The van der Waals surface area contributed by atoms with Gasteiger partial charge in [-0.05, 0) is 13.8 Å². The highest BCUT2D eigenvalue weighted by molar-refractivity contribution is 8.04. The first-order valence-electron chi connectivity index (χ1n) is 8.52. The third-order valence-electron chi connectivity index (χ3n) is 4.67. The van der Waals surface area contributed by atoms with Crippen molar-refractivity contribution in [3.63, 3.8) is 0 Å². The van der Waals surface area contributed by atoms with Gasteiger partial charge < -0.3 is 19.8 Å². The Hall–Kier alpha value is -1.91. The quantitative estimate of drug-likeness (QED) is 0.511.